The Bertz CT molecular complexity index is 275. The zero-order chi connectivity index (χ0) is 12.3. The predicted octanol–water partition coefficient (Wildman–Crippen LogP) is 2.62. The van der Waals surface area contributed by atoms with E-state index in [0.29, 0.717) is 18.9 Å². The Balaban J connectivity index is 0.00000162. The number of halogens is 1. The predicted molar refractivity (Wildman–Crippen MR) is 76.8 cm³/mol. The van der Waals surface area contributed by atoms with Crippen molar-refractivity contribution in [2.75, 3.05) is 6.54 Å². The summed E-state index contributed by atoms with van der Waals surface area (Å²) in [6, 6.07) is 0. The van der Waals surface area contributed by atoms with Crippen LogP contribution in [0.4, 0.5) is 0 Å². The molecule has 18 heavy (non-hydrogen) atoms. The third kappa shape index (κ3) is 4.13. The van der Waals surface area contributed by atoms with Gasteiger partial charge in [0.25, 0.3) is 0 Å². The first-order valence-electron chi connectivity index (χ1n) is 7.15. The van der Waals surface area contributed by atoms with E-state index in [0.717, 1.165) is 12.3 Å². The van der Waals surface area contributed by atoms with Gasteiger partial charge in [0.1, 0.15) is 0 Å². The van der Waals surface area contributed by atoms with Crippen LogP contribution in [0, 0.1) is 11.8 Å². The van der Waals surface area contributed by atoms with Gasteiger partial charge >= 0.3 is 0 Å². The minimum atomic E-state index is -0.146. The highest BCUT2D eigenvalue weighted by atomic mass is 35.5. The van der Waals surface area contributed by atoms with Crippen molar-refractivity contribution in [1.82, 2.24) is 5.32 Å². The first-order valence-corrected chi connectivity index (χ1v) is 7.15. The largest absolute Gasteiger partial charge is 0.349 e. The molecule has 106 valence electrons. The summed E-state index contributed by atoms with van der Waals surface area (Å²) < 4.78 is 0. The van der Waals surface area contributed by atoms with Gasteiger partial charge in [-0.3, -0.25) is 4.79 Å². The molecule has 3 nitrogen and oxygen atoms in total. The Hall–Kier alpha value is -0.280. The molecule has 1 unspecified atom stereocenters. The first-order chi connectivity index (χ1) is 8.14. The molecular weight excluding hydrogens is 248 g/mol. The highest BCUT2D eigenvalue weighted by molar-refractivity contribution is 5.85. The average molecular weight is 275 g/mol. The lowest BCUT2D eigenvalue weighted by Gasteiger charge is -2.29. The van der Waals surface area contributed by atoms with Crippen LogP contribution in [0.2, 0.25) is 0 Å². The normalized spacial score (nSPS) is 23.2. The van der Waals surface area contributed by atoms with Gasteiger partial charge in [-0.1, -0.05) is 25.7 Å². The molecule has 0 aromatic carbocycles. The van der Waals surface area contributed by atoms with E-state index in [9.17, 15) is 4.79 Å². The molecule has 0 bridgehead atoms. The van der Waals surface area contributed by atoms with Crippen molar-refractivity contribution < 1.29 is 4.79 Å². The van der Waals surface area contributed by atoms with Crippen LogP contribution in [0.1, 0.15) is 58.3 Å². The fourth-order valence-corrected chi connectivity index (χ4v) is 3.06. The van der Waals surface area contributed by atoms with Crippen molar-refractivity contribution >= 4 is 18.3 Å². The van der Waals surface area contributed by atoms with Crippen molar-refractivity contribution in [3.05, 3.63) is 0 Å². The molecule has 0 aromatic heterocycles. The quantitative estimate of drug-likeness (QED) is 0.782. The SMILES string of the molecule is CC(CN)(NC(=O)CCC1CCCC1)C1CC1.Cl. The van der Waals surface area contributed by atoms with Gasteiger partial charge in [-0.15, -0.1) is 12.4 Å². The molecule has 0 aromatic rings. The van der Waals surface area contributed by atoms with Gasteiger partial charge in [0.05, 0.1) is 5.54 Å². The summed E-state index contributed by atoms with van der Waals surface area (Å²) >= 11 is 0. The van der Waals surface area contributed by atoms with Gasteiger partial charge in [-0.2, -0.15) is 0 Å². The van der Waals surface area contributed by atoms with Crippen molar-refractivity contribution in [2.24, 2.45) is 17.6 Å². The summed E-state index contributed by atoms with van der Waals surface area (Å²) in [4.78, 5) is 11.9. The number of carbonyl (C=O) groups excluding carboxylic acids is 1. The van der Waals surface area contributed by atoms with Crippen LogP contribution in [0.25, 0.3) is 0 Å². The number of hydrogen-bond acceptors (Lipinski definition) is 2. The van der Waals surface area contributed by atoms with Crippen molar-refractivity contribution in [3.63, 3.8) is 0 Å². The molecule has 0 heterocycles. The molecule has 0 saturated heterocycles. The van der Waals surface area contributed by atoms with Gasteiger partial charge in [0, 0.05) is 13.0 Å². The summed E-state index contributed by atoms with van der Waals surface area (Å²) in [6.07, 6.45) is 9.55. The molecule has 1 amide bonds. The summed E-state index contributed by atoms with van der Waals surface area (Å²) in [5, 5.41) is 3.17. The lowest BCUT2D eigenvalue weighted by molar-refractivity contribution is -0.123. The van der Waals surface area contributed by atoms with E-state index in [1.165, 1.54) is 38.5 Å². The summed E-state index contributed by atoms with van der Waals surface area (Å²) in [5.74, 6) is 1.62. The molecule has 1 atom stereocenters. The number of nitrogens with one attached hydrogen (secondary N) is 1. The molecule has 3 N–H and O–H groups in total. The van der Waals surface area contributed by atoms with Gasteiger partial charge in [0.2, 0.25) is 5.91 Å². The van der Waals surface area contributed by atoms with E-state index in [1.54, 1.807) is 0 Å². The maximum Gasteiger partial charge on any atom is 0.220 e. The zero-order valence-electron chi connectivity index (χ0n) is 11.4. The highest BCUT2D eigenvalue weighted by Crippen LogP contribution is 2.39. The first kappa shape index (κ1) is 15.8. The third-order valence-corrected chi connectivity index (χ3v) is 4.58. The standard InChI is InChI=1S/C14H26N2O.ClH/c1-14(10-15,12-7-8-12)16-13(17)9-6-11-4-2-3-5-11;/h11-12H,2-10,15H2,1H3,(H,16,17);1H. The fraction of sp³-hybridized carbons (Fsp3) is 0.929. The van der Waals surface area contributed by atoms with Crippen LogP contribution < -0.4 is 11.1 Å². The Labute approximate surface area is 117 Å². The van der Waals surface area contributed by atoms with E-state index in [-0.39, 0.29) is 23.9 Å². The highest BCUT2D eigenvalue weighted by Gasteiger charge is 2.41. The van der Waals surface area contributed by atoms with Crippen LogP contribution in [-0.4, -0.2) is 18.0 Å². The number of carbonyl (C=O) groups is 1. The van der Waals surface area contributed by atoms with Crippen molar-refractivity contribution in [3.8, 4) is 0 Å². The number of nitrogens with two attached hydrogens (primary N) is 1. The van der Waals surface area contributed by atoms with E-state index in [2.05, 4.69) is 12.2 Å². The van der Waals surface area contributed by atoms with Crippen LogP contribution in [0.15, 0.2) is 0 Å². The maximum atomic E-state index is 11.9. The number of rotatable bonds is 6. The molecule has 2 rings (SSSR count). The van der Waals surface area contributed by atoms with Gasteiger partial charge in [0.15, 0.2) is 0 Å². The summed E-state index contributed by atoms with van der Waals surface area (Å²) in [6.45, 7) is 2.66. The second kappa shape index (κ2) is 6.76. The molecule has 2 fully saturated rings. The Morgan fingerprint density at radius 3 is 2.39 bits per heavy atom. The average Bonchev–Trinajstić information content (AvgIpc) is 3.05. The Morgan fingerprint density at radius 1 is 1.28 bits per heavy atom. The summed E-state index contributed by atoms with van der Waals surface area (Å²) in [5.41, 5.74) is 5.65. The van der Waals surface area contributed by atoms with Gasteiger partial charge in [-0.25, -0.2) is 0 Å². The monoisotopic (exact) mass is 274 g/mol. The molecule has 4 heteroatoms. The lowest BCUT2D eigenvalue weighted by atomic mass is 9.95. The van der Waals surface area contributed by atoms with E-state index in [1.807, 2.05) is 0 Å². The van der Waals surface area contributed by atoms with Crippen LogP contribution in [-0.2, 0) is 4.79 Å². The minimum Gasteiger partial charge on any atom is -0.349 e. The van der Waals surface area contributed by atoms with Crippen molar-refractivity contribution in [2.45, 2.75) is 63.8 Å². The van der Waals surface area contributed by atoms with Crippen molar-refractivity contribution in [1.29, 1.82) is 0 Å². The molecule has 0 radical (unpaired) electrons. The zero-order valence-corrected chi connectivity index (χ0v) is 12.2. The molecule has 2 aliphatic carbocycles. The minimum absolute atomic E-state index is 0. The Kier molecular flexibility index (Phi) is 5.93. The van der Waals surface area contributed by atoms with E-state index < -0.39 is 0 Å². The molecular formula is C14H27ClN2O. The van der Waals surface area contributed by atoms with Gasteiger partial charge < -0.3 is 11.1 Å². The molecule has 0 spiro atoms. The molecule has 0 aliphatic heterocycles. The fourth-order valence-electron chi connectivity index (χ4n) is 3.06. The maximum absolute atomic E-state index is 11.9. The second-order valence-corrected chi connectivity index (χ2v) is 6.13. The number of amides is 1. The van der Waals surface area contributed by atoms with Crippen LogP contribution >= 0.6 is 12.4 Å². The number of hydrogen-bond donors (Lipinski definition) is 2. The second-order valence-electron chi connectivity index (χ2n) is 6.13. The van der Waals surface area contributed by atoms with Crippen LogP contribution in [0.5, 0.6) is 0 Å². The molecule has 2 saturated carbocycles. The van der Waals surface area contributed by atoms with Crippen LogP contribution in [0.3, 0.4) is 0 Å². The topological polar surface area (TPSA) is 55.1 Å². The molecule has 2 aliphatic rings. The Morgan fingerprint density at radius 2 is 1.89 bits per heavy atom. The lowest BCUT2D eigenvalue weighted by Crippen LogP contribution is -2.53. The summed E-state index contributed by atoms with van der Waals surface area (Å²) in [7, 11) is 0. The smallest absolute Gasteiger partial charge is 0.220 e. The van der Waals surface area contributed by atoms with E-state index >= 15 is 0 Å². The van der Waals surface area contributed by atoms with E-state index in [4.69, 9.17) is 5.73 Å². The van der Waals surface area contributed by atoms with Gasteiger partial charge in [-0.05, 0) is 38.0 Å². The third-order valence-electron chi connectivity index (χ3n) is 4.58.